The lowest BCUT2D eigenvalue weighted by Gasteiger charge is -2.09. The molecule has 0 nitrogen and oxygen atoms in total. The van der Waals surface area contributed by atoms with Crippen molar-refractivity contribution >= 4 is 0 Å². The molecule has 13 heavy (non-hydrogen) atoms. The van der Waals surface area contributed by atoms with E-state index < -0.39 is 0 Å². The Hall–Kier alpha value is -0.780. The van der Waals surface area contributed by atoms with Crippen LogP contribution >= 0.6 is 0 Å². The summed E-state index contributed by atoms with van der Waals surface area (Å²) in [5.74, 6) is 0.718. The minimum Gasteiger partial charge on any atom is -0.0776 e. The molecular weight excluding hydrogens is 156 g/mol. The van der Waals surface area contributed by atoms with E-state index in [1.54, 1.807) is 0 Å². The Morgan fingerprint density at radius 2 is 1.69 bits per heavy atom. The summed E-state index contributed by atoms with van der Waals surface area (Å²) in [6.45, 7) is 6.67. The zero-order valence-electron chi connectivity index (χ0n) is 8.30. The topological polar surface area (TPSA) is 0 Å². The van der Waals surface area contributed by atoms with E-state index in [0.717, 1.165) is 5.92 Å². The fraction of sp³-hybridized carbons (Fsp3) is 0.538. The Labute approximate surface area is 83.0 Å². The SMILES string of the molecule is C.CCCC(C)c1ccc(C)cc1. The summed E-state index contributed by atoms with van der Waals surface area (Å²) in [5, 5.41) is 0. The Morgan fingerprint density at radius 3 is 2.15 bits per heavy atom. The van der Waals surface area contributed by atoms with Crippen molar-refractivity contribution < 1.29 is 0 Å². The molecule has 0 aromatic heterocycles. The summed E-state index contributed by atoms with van der Waals surface area (Å²) in [6.07, 6.45) is 2.57. The summed E-state index contributed by atoms with van der Waals surface area (Å²) >= 11 is 0. The van der Waals surface area contributed by atoms with Crippen LogP contribution in [-0.2, 0) is 0 Å². The lowest BCUT2D eigenvalue weighted by atomic mass is 9.96. The molecular formula is C13H22. The molecule has 1 atom stereocenters. The average Bonchev–Trinajstić information content (AvgIpc) is 2.06. The lowest BCUT2D eigenvalue weighted by Crippen LogP contribution is -1.92. The quantitative estimate of drug-likeness (QED) is 0.637. The van der Waals surface area contributed by atoms with Crippen LogP contribution in [0.25, 0.3) is 0 Å². The van der Waals surface area contributed by atoms with Gasteiger partial charge in [-0.05, 0) is 24.8 Å². The molecule has 0 radical (unpaired) electrons. The largest absolute Gasteiger partial charge is 0.0776 e. The first-order valence-corrected chi connectivity index (χ1v) is 4.80. The smallest absolute Gasteiger partial charge is 0.0190 e. The van der Waals surface area contributed by atoms with Crippen molar-refractivity contribution in [3.63, 3.8) is 0 Å². The van der Waals surface area contributed by atoms with Crippen LogP contribution in [0.4, 0.5) is 0 Å². The highest BCUT2D eigenvalue weighted by Crippen LogP contribution is 2.20. The minimum absolute atomic E-state index is 0. The van der Waals surface area contributed by atoms with E-state index in [-0.39, 0.29) is 7.43 Å². The molecule has 0 amide bonds. The van der Waals surface area contributed by atoms with Crippen molar-refractivity contribution in [2.45, 2.75) is 47.0 Å². The van der Waals surface area contributed by atoms with Crippen molar-refractivity contribution in [2.24, 2.45) is 0 Å². The molecule has 0 aliphatic carbocycles. The normalized spacial score (nSPS) is 11.9. The third-order valence-electron chi connectivity index (χ3n) is 2.37. The van der Waals surface area contributed by atoms with Gasteiger partial charge in [-0.3, -0.25) is 0 Å². The maximum absolute atomic E-state index is 2.30. The van der Waals surface area contributed by atoms with E-state index in [1.165, 1.54) is 24.0 Å². The summed E-state index contributed by atoms with van der Waals surface area (Å²) in [4.78, 5) is 0. The van der Waals surface area contributed by atoms with E-state index in [1.807, 2.05) is 0 Å². The van der Waals surface area contributed by atoms with Gasteiger partial charge in [-0.2, -0.15) is 0 Å². The van der Waals surface area contributed by atoms with Gasteiger partial charge >= 0.3 is 0 Å². The minimum atomic E-state index is 0. The highest BCUT2D eigenvalue weighted by Gasteiger charge is 2.02. The fourth-order valence-corrected chi connectivity index (χ4v) is 1.49. The third-order valence-corrected chi connectivity index (χ3v) is 2.37. The van der Waals surface area contributed by atoms with Crippen molar-refractivity contribution in [3.8, 4) is 0 Å². The summed E-state index contributed by atoms with van der Waals surface area (Å²) in [7, 11) is 0. The molecule has 1 unspecified atom stereocenters. The monoisotopic (exact) mass is 178 g/mol. The number of aryl methyl sites for hydroxylation is 1. The van der Waals surface area contributed by atoms with Crippen molar-refractivity contribution in [1.82, 2.24) is 0 Å². The number of hydrogen-bond acceptors (Lipinski definition) is 0. The highest BCUT2D eigenvalue weighted by molar-refractivity contribution is 5.23. The van der Waals surface area contributed by atoms with E-state index in [4.69, 9.17) is 0 Å². The van der Waals surface area contributed by atoms with Crippen LogP contribution in [0.15, 0.2) is 24.3 Å². The van der Waals surface area contributed by atoms with Crippen molar-refractivity contribution in [3.05, 3.63) is 35.4 Å². The first-order chi connectivity index (χ1) is 5.74. The zero-order chi connectivity index (χ0) is 8.97. The number of benzene rings is 1. The zero-order valence-corrected chi connectivity index (χ0v) is 8.30. The van der Waals surface area contributed by atoms with E-state index in [9.17, 15) is 0 Å². The van der Waals surface area contributed by atoms with E-state index >= 15 is 0 Å². The Balaban J connectivity index is 0.00000144. The van der Waals surface area contributed by atoms with Gasteiger partial charge in [0.25, 0.3) is 0 Å². The second kappa shape index (κ2) is 5.80. The molecule has 0 saturated heterocycles. The highest BCUT2D eigenvalue weighted by atomic mass is 14.1. The van der Waals surface area contributed by atoms with Gasteiger partial charge in [0.1, 0.15) is 0 Å². The standard InChI is InChI=1S/C12H18.CH4/c1-4-5-11(3)12-8-6-10(2)7-9-12;/h6-9,11H,4-5H2,1-3H3;1H4. The molecule has 0 saturated carbocycles. The molecule has 0 aliphatic heterocycles. The molecule has 0 heterocycles. The van der Waals surface area contributed by atoms with E-state index in [2.05, 4.69) is 45.0 Å². The van der Waals surface area contributed by atoms with Crippen LogP contribution in [0, 0.1) is 6.92 Å². The molecule has 1 aromatic rings. The molecule has 0 bridgehead atoms. The molecule has 1 rings (SSSR count). The second-order valence-electron chi connectivity index (χ2n) is 3.60. The van der Waals surface area contributed by atoms with Crippen LogP contribution in [0.1, 0.15) is 51.2 Å². The lowest BCUT2D eigenvalue weighted by molar-refractivity contribution is 0.665. The first kappa shape index (κ1) is 12.2. The molecule has 74 valence electrons. The van der Waals surface area contributed by atoms with Crippen LogP contribution in [0.5, 0.6) is 0 Å². The predicted octanol–water partition coefficient (Wildman–Crippen LogP) is 4.53. The van der Waals surface area contributed by atoms with Crippen molar-refractivity contribution in [1.29, 1.82) is 0 Å². The Morgan fingerprint density at radius 1 is 1.15 bits per heavy atom. The van der Waals surface area contributed by atoms with Gasteiger partial charge in [-0.15, -0.1) is 0 Å². The Bertz CT molecular complexity index is 220. The number of rotatable bonds is 3. The predicted molar refractivity (Wildman–Crippen MR) is 61.2 cm³/mol. The van der Waals surface area contributed by atoms with Crippen LogP contribution in [0.2, 0.25) is 0 Å². The van der Waals surface area contributed by atoms with Gasteiger partial charge in [-0.1, -0.05) is 57.5 Å². The third kappa shape index (κ3) is 3.63. The summed E-state index contributed by atoms with van der Waals surface area (Å²) in [6, 6.07) is 8.88. The molecule has 0 N–H and O–H groups in total. The van der Waals surface area contributed by atoms with Crippen LogP contribution < -0.4 is 0 Å². The molecule has 0 heteroatoms. The second-order valence-corrected chi connectivity index (χ2v) is 3.60. The molecule has 0 spiro atoms. The van der Waals surface area contributed by atoms with Gasteiger partial charge in [0.2, 0.25) is 0 Å². The van der Waals surface area contributed by atoms with Crippen LogP contribution in [0.3, 0.4) is 0 Å². The van der Waals surface area contributed by atoms with E-state index in [0.29, 0.717) is 0 Å². The summed E-state index contributed by atoms with van der Waals surface area (Å²) < 4.78 is 0. The maximum atomic E-state index is 2.30. The first-order valence-electron chi connectivity index (χ1n) is 4.80. The van der Waals surface area contributed by atoms with Gasteiger partial charge in [0, 0.05) is 0 Å². The molecule has 0 fully saturated rings. The molecule has 0 aliphatic rings. The van der Waals surface area contributed by atoms with Gasteiger partial charge in [0.05, 0.1) is 0 Å². The van der Waals surface area contributed by atoms with Gasteiger partial charge < -0.3 is 0 Å². The van der Waals surface area contributed by atoms with Gasteiger partial charge in [0.15, 0.2) is 0 Å². The van der Waals surface area contributed by atoms with Crippen molar-refractivity contribution in [2.75, 3.05) is 0 Å². The average molecular weight is 178 g/mol. The van der Waals surface area contributed by atoms with Gasteiger partial charge in [-0.25, -0.2) is 0 Å². The fourth-order valence-electron chi connectivity index (χ4n) is 1.49. The maximum Gasteiger partial charge on any atom is -0.0190 e. The summed E-state index contributed by atoms with van der Waals surface area (Å²) in [5.41, 5.74) is 2.82. The van der Waals surface area contributed by atoms with Crippen LogP contribution in [-0.4, -0.2) is 0 Å². The Kier molecular flexibility index (Phi) is 5.45. The number of hydrogen-bond donors (Lipinski definition) is 0. The molecule has 1 aromatic carbocycles.